The molecule has 0 amide bonds. The van der Waals surface area contributed by atoms with E-state index < -0.39 is 6.04 Å². The van der Waals surface area contributed by atoms with Crippen LogP contribution in [0.1, 0.15) is 34.1 Å². The van der Waals surface area contributed by atoms with Crippen LogP contribution in [0, 0.1) is 5.82 Å². The van der Waals surface area contributed by atoms with Gasteiger partial charge in [0.05, 0.1) is 12.1 Å². The summed E-state index contributed by atoms with van der Waals surface area (Å²) in [5, 5.41) is 13.4. The number of hydrogen-bond donors (Lipinski definition) is 1. The highest BCUT2D eigenvalue weighted by Crippen LogP contribution is 2.37. The van der Waals surface area contributed by atoms with E-state index in [9.17, 15) is 9.18 Å². The van der Waals surface area contributed by atoms with Crippen molar-refractivity contribution in [1.82, 2.24) is 30.1 Å². The van der Waals surface area contributed by atoms with Crippen LogP contribution in [-0.2, 0) is 19.5 Å². The number of nitrogens with one attached hydrogen (secondary N) is 1. The lowest BCUT2D eigenvalue weighted by Gasteiger charge is -2.34. The monoisotopic (exact) mass is 510 g/mol. The second-order valence-electron chi connectivity index (χ2n) is 9.56. The first-order valence-electron chi connectivity index (χ1n) is 12.4. The van der Waals surface area contributed by atoms with E-state index in [0.717, 1.165) is 23.9 Å². The molecule has 1 unspecified atom stereocenters. The fourth-order valence-electron chi connectivity index (χ4n) is 5.34. The highest BCUT2D eigenvalue weighted by molar-refractivity contribution is 5.83. The van der Waals surface area contributed by atoms with Crippen molar-refractivity contribution in [3.63, 3.8) is 0 Å². The normalized spacial score (nSPS) is 15.5. The molecular weight excluding hydrogens is 487 g/mol. The standard InChI is InChI=1S/C28H23FN6O3/c29-21-7-5-17(6-8-21)14-35-27(31-32-33-35)26(34-10-9-18-3-1-2-4-19(18)15-34)22-11-20-12-24-25(38-16-37-24)13-23(20)30-28(22)36/h1-8,11-13,26H,9-10,14-16H2,(H,30,36). The van der Waals surface area contributed by atoms with Gasteiger partial charge in [-0.1, -0.05) is 36.4 Å². The zero-order chi connectivity index (χ0) is 25.6. The topological polar surface area (TPSA) is 98.2 Å². The maximum absolute atomic E-state index is 13.6. The van der Waals surface area contributed by atoms with E-state index in [1.807, 2.05) is 24.3 Å². The average molecular weight is 511 g/mol. The van der Waals surface area contributed by atoms with Crippen LogP contribution < -0.4 is 15.0 Å². The smallest absolute Gasteiger partial charge is 0.253 e. The van der Waals surface area contributed by atoms with E-state index in [1.54, 1.807) is 22.9 Å². The molecule has 2 aliphatic heterocycles. The summed E-state index contributed by atoms with van der Waals surface area (Å²) in [6.45, 7) is 1.86. The largest absolute Gasteiger partial charge is 0.454 e. The summed E-state index contributed by atoms with van der Waals surface area (Å²) in [6, 6.07) is 19.6. The summed E-state index contributed by atoms with van der Waals surface area (Å²) in [4.78, 5) is 18.9. The van der Waals surface area contributed by atoms with Gasteiger partial charge in [-0.15, -0.1) is 5.10 Å². The fraction of sp³-hybridized carbons (Fsp3) is 0.214. The number of ether oxygens (including phenoxy) is 2. The van der Waals surface area contributed by atoms with Crippen LogP contribution in [0.25, 0.3) is 10.9 Å². The van der Waals surface area contributed by atoms with E-state index in [-0.39, 0.29) is 18.2 Å². The summed E-state index contributed by atoms with van der Waals surface area (Å²) in [5.41, 5.74) is 4.33. The van der Waals surface area contributed by atoms with Crippen molar-refractivity contribution in [3.8, 4) is 11.5 Å². The zero-order valence-electron chi connectivity index (χ0n) is 20.3. The maximum Gasteiger partial charge on any atom is 0.253 e. The van der Waals surface area contributed by atoms with E-state index in [4.69, 9.17) is 9.47 Å². The molecule has 9 nitrogen and oxygen atoms in total. The Hall–Kier alpha value is -4.57. The quantitative estimate of drug-likeness (QED) is 0.386. The van der Waals surface area contributed by atoms with Crippen molar-refractivity contribution in [3.05, 3.63) is 111 Å². The number of aromatic amines is 1. The predicted octanol–water partition coefficient (Wildman–Crippen LogP) is 3.58. The number of pyridine rings is 1. The van der Waals surface area contributed by atoms with Crippen LogP contribution in [0.5, 0.6) is 11.5 Å². The van der Waals surface area contributed by atoms with Gasteiger partial charge in [0, 0.05) is 30.1 Å². The lowest BCUT2D eigenvalue weighted by atomic mass is 9.96. The third-order valence-electron chi connectivity index (χ3n) is 7.24. The number of H-pyrrole nitrogens is 1. The van der Waals surface area contributed by atoms with E-state index >= 15 is 0 Å². The molecule has 7 rings (SSSR count). The van der Waals surface area contributed by atoms with Gasteiger partial charge >= 0.3 is 0 Å². The molecule has 38 heavy (non-hydrogen) atoms. The van der Waals surface area contributed by atoms with Gasteiger partial charge in [-0.3, -0.25) is 9.69 Å². The van der Waals surface area contributed by atoms with Crippen LogP contribution in [0.2, 0.25) is 0 Å². The average Bonchev–Trinajstić information content (AvgIpc) is 3.58. The number of benzene rings is 3. The molecule has 0 spiro atoms. The van der Waals surface area contributed by atoms with Gasteiger partial charge in [0.15, 0.2) is 17.3 Å². The molecule has 1 atom stereocenters. The Morgan fingerprint density at radius 2 is 1.79 bits per heavy atom. The van der Waals surface area contributed by atoms with E-state index in [1.165, 1.54) is 23.3 Å². The molecule has 2 aromatic heterocycles. The summed E-state index contributed by atoms with van der Waals surface area (Å²) in [5.74, 6) is 1.48. The van der Waals surface area contributed by atoms with Crippen molar-refractivity contribution < 1.29 is 13.9 Å². The lowest BCUT2D eigenvalue weighted by molar-refractivity contribution is 0.174. The van der Waals surface area contributed by atoms with Gasteiger partial charge in [0.2, 0.25) is 6.79 Å². The van der Waals surface area contributed by atoms with Crippen LogP contribution in [0.3, 0.4) is 0 Å². The Balaban J connectivity index is 1.35. The number of aromatic nitrogens is 5. The number of halogens is 1. The molecule has 0 saturated heterocycles. The highest BCUT2D eigenvalue weighted by Gasteiger charge is 2.33. The van der Waals surface area contributed by atoms with Crippen LogP contribution in [-0.4, -0.2) is 43.4 Å². The Morgan fingerprint density at radius 3 is 2.63 bits per heavy atom. The minimum absolute atomic E-state index is 0.150. The minimum atomic E-state index is -0.516. The number of fused-ring (bicyclic) bond motifs is 3. The maximum atomic E-state index is 13.6. The molecule has 5 aromatic rings. The van der Waals surface area contributed by atoms with Gasteiger partial charge in [-0.25, -0.2) is 9.07 Å². The van der Waals surface area contributed by atoms with E-state index in [0.29, 0.717) is 41.5 Å². The molecule has 0 bridgehead atoms. The van der Waals surface area contributed by atoms with Gasteiger partial charge in [0.1, 0.15) is 11.9 Å². The SMILES string of the molecule is O=c1[nH]c2cc3c(cc2cc1C(c1nnnn1Cc1ccc(F)cc1)N1CCc2ccccc2C1)OCO3. The van der Waals surface area contributed by atoms with Gasteiger partial charge < -0.3 is 14.5 Å². The third-order valence-corrected chi connectivity index (χ3v) is 7.24. The Bertz CT molecular complexity index is 1710. The highest BCUT2D eigenvalue weighted by atomic mass is 19.1. The Kier molecular flexibility index (Phi) is 5.40. The van der Waals surface area contributed by atoms with Crippen molar-refractivity contribution in [2.24, 2.45) is 0 Å². The molecule has 0 aliphatic carbocycles. The number of rotatable bonds is 5. The first kappa shape index (κ1) is 22.6. The summed E-state index contributed by atoms with van der Waals surface area (Å²) < 4.78 is 26.2. The molecule has 1 N–H and O–H groups in total. The number of hydrogen-bond acceptors (Lipinski definition) is 7. The molecule has 10 heteroatoms. The molecule has 2 aliphatic rings. The number of nitrogens with zero attached hydrogens (tertiary/aromatic N) is 5. The minimum Gasteiger partial charge on any atom is -0.454 e. The zero-order valence-corrected chi connectivity index (χ0v) is 20.3. The first-order chi connectivity index (χ1) is 18.6. The van der Waals surface area contributed by atoms with Crippen molar-refractivity contribution in [2.45, 2.75) is 25.6 Å². The molecule has 0 radical (unpaired) electrons. The van der Waals surface area contributed by atoms with E-state index in [2.05, 4.69) is 37.5 Å². The fourth-order valence-corrected chi connectivity index (χ4v) is 5.34. The van der Waals surface area contributed by atoms with Gasteiger partial charge in [-0.05, 0) is 57.8 Å². The molecule has 4 heterocycles. The van der Waals surface area contributed by atoms with Crippen molar-refractivity contribution in [1.29, 1.82) is 0 Å². The molecule has 190 valence electrons. The predicted molar refractivity (Wildman–Crippen MR) is 136 cm³/mol. The second-order valence-corrected chi connectivity index (χ2v) is 9.56. The molecule has 0 saturated carbocycles. The third kappa shape index (κ3) is 3.99. The second kappa shape index (κ2) is 9.07. The van der Waals surface area contributed by atoms with Gasteiger partial charge in [-0.2, -0.15) is 0 Å². The molecule has 0 fully saturated rings. The summed E-state index contributed by atoms with van der Waals surface area (Å²) in [6.07, 6.45) is 0.844. The lowest BCUT2D eigenvalue weighted by Crippen LogP contribution is -2.38. The van der Waals surface area contributed by atoms with Crippen LogP contribution in [0.15, 0.2) is 71.5 Å². The molecule has 3 aromatic carbocycles. The summed E-state index contributed by atoms with van der Waals surface area (Å²) in [7, 11) is 0. The van der Waals surface area contributed by atoms with Gasteiger partial charge in [0.25, 0.3) is 5.56 Å². The number of tetrazole rings is 1. The van der Waals surface area contributed by atoms with Crippen molar-refractivity contribution in [2.75, 3.05) is 13.3 Å². The van der Waals surface area contributed by atoms with Crippen LogP contribution >= 0.6 is 0 Å². The Labute approximate surface area is 216 Å². The summed E-state index contributed by atoms with van der Waals surface area (Å²) >= 11 is 0. The van der Waals surface area contributed by atoms with Crippen LogP contribution in [0.4, 0.5) is 4.39 Å². The molecular formula is C28H23FN6O3. The van der Waals surface area contributed by atoms with Crippen molar-refractivity contribution >= 4 is 10.9 Å². The Morgan fingerprint density at radius 1 is 1.00 bits per heavy atom. The first-order valence-corrected chi connectivity index (χ1v) is 12.4.